The highest BCUT2D eigenvalue weighted by Crippen LogP contribution is 2.31. The van der Waals surface area contributed by atoms with Gasteiger partial charge in [-0.05, 0) is 37.1 Å². The third-order valence-electron chi connectivity index (χ3n) is 4.98. The molecule has 1 saturated heterocycles. The third-order valence-corrected chi connectivity index (χ3v) is 4.98. The van der Waals surface area contributed by atoms with Crippen molar-refractivity contribution in [3.63, 3.8) is 0 Å². The van der Waals surface area contributed by atoms with Crippen molar-refractivity contribution >= 4 is 17.7 Å². The summed E-state index contributed by atoms with van der Waals surface area (Å²) < 4.78 is 16.2. The zero-order chi connectivity index (χ0) is 20.2. The summed E-state index contributed by atoms with van der Waals surface area (Å²) >= 11 is 0. The van der Waals surface area contributed by atoms with Crippen molar-refractivity contribution in [2.24, 2.45) is 0 Å². The van der Waals surface area contributed by atoms with Gasteiger partial charge in [0.25, 0.3) is 5.91 Å². The molecule has 1 fully saturated rings. The second-order valence-electron chi connectivity index (χ2n) is 6.90. The van der Waals surface area contributed by atoms with Crippen molar-refractivity contribution in [1.82, 2.24) is 4.90 Å². The molecule has 2 aromatic carbocycles. The van der Waals surface area contributed by atoms with Crippen LogP contribution in [0.1, 0.15) is 39.1 Å². The lowest BCUT2D eigenvalue weighted by molar-refractivity contribution is -0.133. The minimum absolute atomic E-state index is 0.126. The number of fused-ring (bicyclic) bond motifs is 1. The van der Waals surface area contributed by atoms with Crippen LogP contribution in [-0.4, -0.2) is 55.5 Å². The molecule has 0 atom stereocenters. The summed E-state index contributed by atoms with van der Waals surface area (Å²) in [6.45, 7) is 1.93. The van der Waals surface area contributed by atoms with Crippen LogP contribution in [0.5, 0.6) is 11.5 Å². The molecule has 2 aromatic rings. The average Bonchev–Trinajstić information content (AvgIpc) is 3.31. The summed E-state index contributed by atoms with van der Waals surface area (Å²) in [5, 5.41) is 0. The monoisotopic (exact) mass is 395 g/mol. The molecule has 2 heterocycles. The molecule has 0 aliphatic carbocycles. The molecule has 0 saturated carbocycles. The van der Waals surface area contributed by atoms with Crippen molar-refractivity contribution < 1.29 is 28.6 Å². The van der Waals surface area contributed by atoms with Gasteiger partial charge in [-0.2, -0.15) is 0 Å². The molecule has 150 valence electrons. The van der Waals surface area contributed by atoms with Gasteiger partial charge in [0.1, 0.15) is 13.2 Å². The summed E-state index contributed by atoms with van der Waals surface area (Å²) in [7, 11) is 0. The van der Waals surface area contributed by atoms with E-state index in [1.54, 1.807) is 41.3 Å². The first kappa shape index (κ1) is 19.0. The zero-order valence-corrected chi connectivity index (χ0v) is 15.9. The van der Waals surface area contributed by atoms with E-state index < -0.39 is 5.97 Å². The number of hydrogen-bond acceptors (Lipinski definition) is 6. The Morgan fingerprint density at radius 1 is 0.897 bits per heavy atom. The number of likely N-dealkylation sites (tertiary alicyclic amines) is 1. The molecule has 2 aliphatic heterocycles. The quantitative estimate of drug-likeness (QED) is 0.571. The maximum Gasteiger partial charge on any atom is 0.339 e. The first-order valence-corrected chi connectivity index (χ1v) is 9.62. The van der Waals surface area contributed by atoms with Crippen LogP contribution in [0.4, 0.5) is 0 Å². The lowest BCUT2D eigenvalue weighted by Crippen LogP contribution is -2.32. The molecule has 4 rings (SSSR count). The van der Waals surface area contributed by atoms with Gasteiger partial charge in [0.05, 0.1) is 5.56 Å². The van der Waals surface area contributed by atoms with E-state index in [9.17, 15) is 14.4 Å². The maximum absolute atomic E-state index is 13.0. The van der Waals surface area contributed by atoms with Gasteiger partial charge in [-0.1, -0.05) is 18.2 Å². The molecule has 0 unspecified atom stereocenters. The Morgan fingerprint density at radius 3 is 2.34 bits per heavy atom. The summed E-state index contributed by atoms with van der Waals surface area (Å²) in [6.07, 6.45) is 1.93. The highest BCUT2D eigenvalue weighted by atomic mass is 16.6. The molecule has 29 heavy (non-hydrogen) atoms. The van der Waals surface area contributed by atoms with Gasteiger partial charge in [0.15, 0.2) is 23.9 Å². The predicted molar refractivity (Wildman–Crippen MR) is 103 cm³/mol. The van der Waals surface area contributed by atoms with Crippen LogP contribution in [0.3, 0.4) is 0 Å². The number of carbonyl (C=O) groups excluding carboxylic acids is 3. The molecular formula is C22H21NO6. The molecule has 2 aliphatic rings. The Labute approximate surface area is 168 Å². The molecule has 7 heteroatoms. The van der Waals surface area contributed by atoms with Gasteiger partial charge >= 0.3 is 5.97 Å². The van der Waals surface area contributed by atoms with Gasteiger partial charge in [-0.15, -0.1) is 0 Å². The van der Waals surface area contributed by atoms with Crippen LogP contribution in [0.15, 0.2) is 42.5 Å². The van der Waals surface area contributed by atoms with Crippen molar-refractivity contribution in [3.8, 4) is 11.5 Å². The topological polar surface area (TPSA) is 82.1 Å². The average molecular weight is 395 g/mol. The predicted octanol–water partition coefficient (Wildman–Crippen LogP) is 2.47. The molecule has 0 spiro atoms. The fourth-order valence-electron chi connectivity index (χ4n) is 3.46. The highest BCUT2D eigenvalue weighted by Gasteiger charge is 2.23. The van der Waals surface area contributed by atoms with Gasteiger partial charge in [0, 0.05) is 24.2 Å². The number of amides is 1. The van der Waals surface area contributed by atoms with E-state index in [-0.39, 0.29) is 29.4 Å². The summed E-state index contributed by atoms with van der Waals surface area (Å²) in [5.41, 5.74) is 0.715. The number of esters is 1. The van der Waals surface area contributed by atoms with E-state index in [4.69, 9.17) is 14.2 Å². The summed E-state index contributed by atoms with van der Waals surface area (Å²) in [5.74, 6) is -0.162. The number of benzene rings is 2. The molecule has 0 bridgehead atoms. The van der Waals surface area contributed by atoms with Crippen LogP contribution < -0.4 is 9.47 Å². The largest absolute Gasteiger partial charge is 0.486 e. The van der Waals surface area contributed by atoms with Crippen LogP contribution in [0.2, 0.25) is 0 Å². The fraction of sp³-hybridized carbons (Fsp3) is 0.318. The van der Waals surface area contributed by atoms with E-state index in [0.717, 1.165) is 12.8 Å². The first-order chi connectivity index (χ1) is 14.1. The normalized spacial score (nSPS) is 15.1. The number of ether oxygens (including phenoxy) is 3. The lowest BCUT2D eigenvalue weighted by Gasteiger charge is -2.19. The zero-order valence-electron chi connectivity index (χ0n) is 15.9. The van der Waals surface area contributed by atoms with Gasteiger partial charge in [-0.25, -0.2) is 4.79 Å². The van der Waals surface area contributed by atoms with Crippen LogP contribution in [0.25, 0.3) is 0 Å². The Balaban J connectivity index is 1.50. The van der Waals surface area contributed by atoms with Crippen LogP contribution in [0, 0.1) is 0 Å². The van der Waals surface area contributed by atoms with E-state index in [0.29, 0.717) is 43.4 Å². The second-order valence-corrected chi connectivity index (χ2v) is 6.90. The number of rotatable bonds is 5. The van der Waals surface area contributed by atoms with Crippen molar-refractivity contribution in [1.29, 1.82) is 0 Å². The molecular weight excluding hydrogens is 374 g/mol. The summed E-state index contributed by atoms with van der Waals surface area (Å²) in [4.78, 5) is 39.4. The van der Waals surface area contributed by atoms with Gasteiger partial charge in [0.2, 0.25) is 0 Å². The standard InChI is InChI=1S/C22H21NO6/c24-20(23-9-3-4-10-23)14-29-22(26)17-6-2-1-5-16(17)21(25)15-7-8-18-19(13-15)28-12-11-27-18/h1-2,5-8,13H,3-4,9-12,14H2. The van der Waals surface area contributed by atoms with Gasteiger partial charge < -0.3 is 19.1 Å². The SMILES string of the molecule is O=C(OCC(=O)N1CCCC1)c1ccccc1C(=O)c1ccc2c(c1)OCCO2. The lowest BCUT2D eigenvalue weighted by atomic mass is 9.98. The minimum Gasteiger partial charge on any atom is -0.486 e. The molecule has 0 aromatic heterocycles. The smallest absolute Gasteiger partial charge is 0.339 e. The maximum atomic E-state index is 13.0. The Bertz CT molecular complexity index is 948. The number of nitrogens with zero attached hydrogens (tertiary/aromatic N) is 1. The Morgan fingerprint density at radius 2 is 1.59 bits per heavy atom. The van der Waals surface area contributed by atoms with Gasteiger partial charge in [-0.3, -0.25) is 9.59 Å². The minimum atomic E-state index is -0.695. The highest BCUT2D eigenvalue weighted by molar-refractivity contribution is 6.14. The number of carbonyl (C=O) groups is 3. The van der Waals surface area contributed by atoms with E-state index >= 15 is 0 Å². The third kappa shape index (κ3) is 4.08. The van der Waals surface area contributed by atoms with Crippen molar-refractivity contribution in [2.75, 3.05) is 32.9 Å². The van der Waals surface area contributed by atoms with E-state index in [2.05, 4.69) is 0 Å². The van der Waals surface area contributed by atoms with Crippen molar-refractivity contribution in [2.45, 2.75) is 12.8 Å². The summed E-state index contributed by atoms with van der Waals surface area (Å²) in [6, 6.07) is 11.3. The number of ketones is 1. The fourth-order valence-corrected chi connectivity index (χ4v) is 3.46. The first-order valence-electron chi connectivity index (χ1n) is 9.62. The Hall–Kier alpha value is -3.35. The second kappa shape index (κ2) is 8.34. The molecule has 7 nitrogen and oxygen atoms in total. The van der Waals surface area contributed by atoms with E-state index in [1.165, 1.54) is 6.07 Å². The number of hydrogen-bond donors (Lipinski definition) is 0. The van der Waals surface area contributed by atoms with Crippen molar-refractivity contribution in [3.05, 3.63) is 59.2 Å². The van der Waals surface area contributed by atoms with E-state index in [1.807, 2.05) is 0 Å². The molecule has 1 amide bonds. The van der Waals surface area contributed by atoms with Crippen LogP contribution in [-0.2, 0) is 9.53 Å². The Kier molecular flexibility index (Phi) is 5.46. The van der Waals surface area contributed by atoms with Crippen LogP contribution >= 0.6 is 0 Å². The molecule has 0 radical (unpaired) electrons. The molecule has 0 N–H and O–H groups in total.